The van der Waals surface area contributed by atoms with Gasteiger partial charge in [0.1, 0.15) is 0 Å². The Hall–Kier alpha value is -0.390. The molecule has 0 radical (unpaired) electrons. The third-order valence-electron chi connectivity index (χ3n) is 2.21. The highest BCUT2D eigenvalue weighted by Crippen LogP contribution is 2.19. The van der Waals surface area contributed by atoms with Gasteiger partial charge in [-0.1, -0.05) is 0 Å². The molecule has 3 nitrogen and oxygen atoms in total. The van der Waals surface area contributed by atoms with Crippen molar-refractivity contribution in [2.75, 3.05) is 13.1 Å². The number of carbonyl (C=O) groups is 1. The van der Waals surface area contributed by atoms with E-state index in [2.05, 4.69) is 26.6 Å². The predicted octanol–water partition coefficient (Wildman–Crippen LogP) is 1.35. The first kappa shape index (κ1) is 10.1. The molecule has 2 heterocycles. The van der Waals surface area contributed by atoms with Crippen LogP contribution in [-0.2, 0) is 11.3 Å². The summed E-state index contributed by atoms with van der Waals surface area (Å²) < 4.78 is 1.08. The number of rotatable bonds is 3. The van der Waals surface area contributed by atoms with E-state index in [-0.39, 0.29) is 11.8 Å². The maximum atomic E-state index is 11.4. The van der Waals surface area contributed by atoms with Gasteiger partial charge >= 0.3 is 0 Å². The average molecular weight is 275 g/mol. The lowest BCUT2D eigenvalue weighted by Crippen LogP contribution is -2.50. The van der Waals surface area contributed by atoms with Crippen LogP contribution >= 0.6 is 27.3 Å². The second-order valence-corrected chi connectivity index (χ2v) is 5.22. The average Bonchev–Trinajstić information content (AvgIpc) is 2.45. The fourth-order valence-electron chi connectivity index (χ4n) is 1.24. The molecule has 0 aliphatic carbocycles. The minimum Gasteiger partial charge on any atom is -0.351 e. The van der Waals surface area contributed by atoms with Crippen LogP contribution in [0.5, 0.6) is 0 Å². The minimum absolute atomic E-state index is 0.160. The maximum absolute atomic E-state index is 11.4. The van der Waals surface area contributed by atoms with Gasteiger partial charge in [-0.05, 0) is 22.0 Å². The third-order valence-corrected chi connectivity index (χ3v) is 3.91. The molecule has 0 spiro atoms. The summed E-state index contributed by atoms with van der Waals surface area (Å²) in [6.07, 6.45) is 0. The van der Waals surface area contributed by atoms with Gasteiger partial charge in [0.05, 0.1) is 12.5 Å². The summed E-state index contributed by atoms with van der Waals surface area (Å²) >= 11 is 5.03. The Balaban J connectivity index is 1.79. The molecule has 1 aliphatic heterocycles. The van der Waals surface area contributed by atoms with E-state index in [9.17, 15) is 4.79 Å². The third kappa shape index (κ3) is 2.34. The van der Waals surface area contributed by atoms with Gasteiger partial charge in [0.25, 0.3) is 0 Å². The highest BCUT2D eigenvalue weighted by molar-refractivity contribution is 9.10. The first-order chi connectivity index (χ1) is 6.75. The Bertz CT molecular complexity index is 335. The molecule has 1 aromatic heterocycles. The summed E-state index contributed by atoms with van der Waals surface area (Å²) in [4.78, 5) is 12.6. The summed E-state index contributed by atoms with van der Waals surface area (Å²) in [7, 11) is 0. The van der Waals surface area contributed by atoms with Gasteiger partial charge in [0.2, 0.25) is 5.91 Å². The van der Waals surface area contributed by atoms with Crippen LogP contribution in [-0.4, -0.2) is 19.0 Å². The monoisotopic (exact) mass is 274 g/mol. The molecule has 5 heteroatoms. The zero-order valence-corrected chi connectivity index (χ0v) is 9.95. The van der Waals surface area contributed by atoms with Crippen LogP contribution in [0.4, 0.5) is 0 Å². The number of thiophene rings is 1. The Morgan fingerprint density at radius 3 is 3.00 bits per heavy atom. The number of amides is 1. The van der Waals surface area contributed by atoms with Crippen LogP contribution in [0.2, 0.25) is 0 Å². The van der Waals surface area contributed by atoms with Crippen molar-refractivity contribution >= 4 is 33.2 Å². The molecule has 0 unspecified atom stereocenters. The Morgan fingerprint density at radius 2 is 2.50 bits per heavy atom. The SMILES string of the molecule is O=C(NCc1cc(Br)cs1)C1CNC1. The summed E-state index contributed by atoms with van der Waals surface area (Å²) in [6.45, 7) is 2.28. The molecule has 14 heavy (non-hydrogen) atoms. The van der Waals surface area contributed by atoms with Gasteiger partial charge in [-0.15, -0.1) is 11.3 Å². The van der Waals surface area contributed by atoms with E-state index in [1.54, 1.807) is 11.3 Å². The molecule has 0 saturated carbocycles. The molecule has 0 atom stereocenters. The van der Waals surface area contributed by atoms with Gasteiger partial charge in [-0.2, -0.15) is 0 Å². The maximum Gasteiger partial charge on any atom is 0.225 e. The largest absolute Gasteiger partial charge is 0.351 e. The van der Waals surface area contributed by atoms with Crippen molar-refractivity contribution in [1.82, 2.24) is 10.6 Å². The lowest BCUT2D eigenvalue weighted by Gasteiger charge is -2.25. The molecule has 1 aromatic rings. The van der Waals surface area contributed by atoms with Crippen molar-refractivity contribution in [3.63, 3.8) is 0 Å². The molecule has 0 bridgehead atoms. The van der Waals surface area contributed by atoms with Crippen molar-refractivity contribution in [1.29, 1.82) is 0 Å². The van der Waals surface area contributed by atoms with Crippen LogP contribution in [0.1, 0.15) is 4.88 Å². The van der Waals surface area contributed by atoms with E-state index < -0.39 is 0 Å². The minimum atomic E-state index is 0.160. The highest BCUT2D eigenvalue weighted by Gasteiger charge is 2.24. The van der Waals surface area contributed by atoms with Crippen molar-refractivity contribution in [3.05, 3.63) is 20.8 Å². The van der Waals surface area contributed by atoms with Crippen LogP contribution in [0.3, 0.4) is 0 Å². The second-order valence-electron chi connectivity index (χ2n) is 3.30. The number of hydrogen-bond donors (Lipinski definition) is 2. The van der Waals surface area contributed by atoms with Gasteiger partial charge in [0.15, 0.2) is 0 Å². The smallest absolute Gasteiger partial charge is 0.225 e. The molecule has 1 aliphatic rings. The van der Waals surface area contributed by atoms with Gasteiger partial charge in [-0.25, -0.2) is 0 Å². The molecular weight excluding hydrogens is 264 g/mol. The molecule has 0 aromatic carbocycles. The molecule has 76 valence electrons. The Morgan fingerprint density at radius 1 is 1.71 bits per heavy atom. The van der Waals surface area contributed by atoms with Gasteiger partial charge in [-0.3, -0.25) is 4.79 Å². The van der Waals surface area contributed by atoms with E-state index >= 15 is 0 Å². The molecule has 1 saturated heterocycles. The first-order valence-electron chi connectivity index (χ1n) is 4.47. The standard InChI is InChI=1S/C9H11BrN2OS/c10-7-1-8(14-5-7)4-12-9(13)6-2-11-3-6/h1,5-6,11H,2-4H2,(H,12,13). The topological polar surface area (TPSA) is 41.1 Å². The van der Waals surface area contributed by atoms with Crippen LogP contribution in [0.25, 0.3) is 0 Å². The summed E-state index contributed by atoms with van der Waals surface area (Å²) in [5.74, 6) is 0.340. The van der Waals surface area contributed by atoms with Gasteiger partial charge in [0, 0.05) is 27.8 Å². The normalized spacial score (nSPS) is 16.4. The van der Waals surface area contributed by atoms with Crippen molar-refractivity contribution in [2.24, 2.45) is 5.92 Å². The first-order valence-corrected chi connectivity index (χ1v) is 6.14. The van der Waals surface area contributed by atoms with E-state index in [4.69, 9.17) is 0 Å². The molecule has 1 amide bonds. The van der Waals surface area contributed by atoms with E-state index in [0.29, 0.717) is 6.54 Å². The zero-order valence-electron chi connectivity index (χ0n) is 7.55. The van der Waals surface area contributed by atoms with Crippen LogP contribution in [0, 0.1) is 5.92 Å². The predicted molar refractivity (Wildman–Crippen MR) is 60.2 cm³/mol. The zero-order chi connectivity index (χ0) is 9.97. The summed E-state index contributed by atoms with van der Waals surface area (Å²) in [6, 6.07) is 2.03. The number of hydrogen-bond acceptors (Lipinski definition) is 3. The van der Waals surface area contributed by atoms with Crippen molar-refractivity contribution in [2.45, 2.75) is 6.54 Å². The number of carbonyl (C=O) groups excluding carboxylic acids is 1. The summed E-state index contributed by atoms with van der Waals surface area (Å²) in [5, 5.41) is 8.02. The highest BCUT2D eigenvalue weighted by atomic mass is 79.9. The fourth-order valence-corrected chi connectivity index (χ4v) is 2.63. The van der Waals surface area contributed by atoms with Crippen LogP contribution in [0.15, 0.2) is 15.9 Å². The van der Waals surface area contributed by atoms with Crippen LogP contribution < -0.4 is 10.6 Å². The number of halogens is 1. The lowest BCUT2D eigenvalue weighted by atomic mass is 10.0. The lowest BCUT2D eigenvalue weighted by molar-refractivity contribution is -0.126. The molecule has 1 fully saturated rings. The van der Waals surface area contributed by atoms with Gasteiger partial charge < -0.3 is 10.6 Å². The van der Waals surface area contributed by atoms with E-state index in [1.165, 1.54) is 4.88 Å². The number of nitrogens with one attached hydrogen (secondary N) is 2. The summed E-state index contributed by atoms with van der Waals surface area (Å²) in [5.41, 5.74) is 0. The molecule has 2 rings (SSSR count). The van der Waals surface area contributed by atoms with E-state index in [0.717, 1.165) is 17.6 Å². The Kier molecular flexibility index (Phi) is 3.20. The van der Waals surface area contributed by atoms with Crippen molar-refractivity contribution < 1.29 is 4.79 Å². The van der Waals surface area contributed by atoms with Crippen molar-refractivity contribution in [3.8, 4) is 0 Å². The molecular formula is C9H11BrN2OS. The molecule has 2 N–H and O–H groups in total. The Labute approximate surface area is 95.0 Å². The second kappa shape index (κ2) is 4.42. The fraction of sp³-hybridized carbons (Fsp3) is 0.444. The van der Waals surface area contributed by atoms with E-state index in [1.807, 2.05) is 11.4 Å². The quantitative estimate of drug-likeness (QED) is 0.874.